The molecule has 0 amide bonds. The first-order valence-electron chi connectivity index (χ1n) is 28.6. The number of carbonyl (C=O) groups excluding carboxylic acids is 3. The molecule has 2 atom stereocenters. The normalized spacial score (nSPS) is 13.0. The van der Waals surface area contributed by atoms with E-state index >= 15 is 0 Å². The molecule has 0 aliphatic rings. The fourth-order valence-corrected chi connectivity index (χ4v) is 8.15. The minimum atomic E-state index is -1.62. The highest BCUT2D eigenvalue weighted by atomic mass is 16.7. The zero-order valence-electron chi connectivity index (χ0n) is 45.2. The number of allylic oxidation sites excluding steroid dienone is 6. The number of ether oxygens (including phenoxy) is 4. The molecule has 0 aliphatic heterocycles. The number of aliphatic carboxylic acids is 1. The lowest BCUT2D eigenvalue weighted by Crippen LogP contribution is -2.44. The molecular formula is C59H109NO8. The van der Waals surface area contributed by atoms with Crippen molar-refractivity contribution in [2.24, 2.45) is 0 Å². The number of carboxylic acids is 1. The SMILES string of the molecule is CCCCC/C=C\CCCCCCCC(=O)OCC(COC(OCC[N+](C)(C)C)C(=O)[O-])OC(=O)CCCCCCCCCCCCCCCCCCCCC/C=C\C/C=C\CCCCCCC. The van der Waals surface area contributed by atoms with Crippen LogP contribution in [0.25, 0.3) is 0 Å². The Bertz CT molecular complexity index is 1210. The number of hydrogen-bond acceptors (Lipinski definition) is 8. The van der Waals surface area contributed by atoms with Crippen molar-refractivity contribution in [3.05, 3.63) is 36.5 Å². The average molecular weight is 961 g/mol. The third kappa shape index (κ3) is 51.4. The van der Waals surface area contributed by atoms with E-state index in [9.17, 15) is 19.5 Å². The van der Waals surface area contributed by atoms with Gasteiger partial charge in [-0.05, 0) is 70.6 Å². The highest BCUT2D eigenvalue weighted by Crippen LogP contribution is 2.17. The number of unbranched alkanes of at least 4 members (excludes halogenated alkanes) is 32. The molecule has 0 saturated carbocycles. The summed E-state index contributed by atoms with van der Waals surface area (Å²) in [5.41, 5.74) is 0. The van der Waals surface area contributed by atoms with Gasteiger partial charge in [-0.2, -0.15) is 0 Å². The van der Waals surface area contributed by atoms with Crippen molar-refractivity contribution in [3.8, 4) is 0 Å². The van der Waals surface area contributed by atoms with E-state index in [4.69, 9.17) is 18.9 Å². The van der Waals surface area contributed by atoms with Crippen molar-refractivity contribution in [2.75, 3.05) is 47.5 Å². The smallest absolute Gasteiger partial charge is 0.306 e. The number of carbonyl (C=O) groups is 3. The van der Waals surface area contributed by atoms with Gasteiger partial charge in [-0.15, -0.1) is 0 Å². The van der Waals surface area contributed by atoms with Gasteiger partial charge in [0.05, 0.1) is 40.3 Å². The summed E-state index contributed by atoms with van der Waals surface area (Å²) < 4.78 is 22.6. The monoisotopic (exact) mass is 960 g/mol. The van der Waals surface area contributed by atoms with Gasteiger partial charge >= 0.3 is 11.9 Å². The maximum atomic E-state index is 12.8. The first-order valence-corrected chi connectivity index (χ1v) is 28.6. The van der Waals surface area contributed by atoms with Gasteiger partial charge in [-0.1, -0.05) is 217 Å². The predicted molar refractivity (Wildman–Crippen MR) is 283 cm³/mol. The van der Waals surface area contributed by atoms with E-state index in [-0.39, 0.29) is 38.6 Å². The molecule has 0 fully saturated rings. The van der Waals surface area contributed by atoms with Gasteiger partial charge in [0.1, 0.15) is 13.2 Å². The number of likely N-dealkylation sites (N-methyl/N-ethyl adjacent to an activating group) is 1. The van der Waals surface area contributed by atoms with Crippen molar-refractivity contribution >= 4 is 17.9 Å². The van der Waals surface area contributed by atoms with E-state index in [0.717, 1.165) is 57.8 Å². The zero-order valence-corrected chi connectivity index (χ0v) is 45.2. The van der Waals surface area contributed by atoms with E-state index in [1.165, 1.54) is 173 Å². The largest absolute Gasteiger partial charge is 0.545 e. The predicted octanol–water partition coefficient (Wildman–Crippen LogP) is 15.2. The Kier molecular flexibility index (Phi) is 49.0. The van der Waals surface area contributed by atoms with Crippen molar-refractivity contribution in [2.45, 2.75) is 277 Å². The maximum Gasteiger partial charge on any atom is 0.306 e. The molecular weight excluding hydrogens is 851 g/mol. The molecule has 0 bridgehead atoms. The van der Waals surface area contributed by atoms with Gasteiger partial charge in [0.15, 0.2) is 12.4 Å². The highest BCUT2D eigenvalue weighted by molar-refractivity contribution is 5.70. The Morgan fingerprint density at radius 3 is 1.21 bits per heavy atom. The molecule has 9 heteroatoms. The van der Waals surface area contributed by atoms with E-state index in [2.05, 4.69) is 50.3 Å². The first kappa shape index (κ1) is 65.5. The Labute approximate surface area is 420 Å². The van der Waals surface area contributed by atoms with Crippen molar-refractivity contribution in [1.29, 1.82) is 0 Å². The lowest BCUT2D eigenvalue weighted by Gasteiger charge is -2.26. The summed E-state index contributed by atoms with van der Waals surface area (Å²) in [5.74, 6) is -2.28. The van der Waals surface area contributed by atoms with Crippen LogP contribution in [0.1, 0.15) is 264 Å². The molecule has 2 unspecified atom stereocenters. The van der Waals surface area contributed by atoms with Crippen LogP contribution in [-0.2, 0) is 33.3 Å². The highest BCUT2D eigenvalue weighted by Gasteiger charge is 2.22. The van der Waals surface area contributed by atoms with Crippen LogP contribution in [0.5, 0.6) is 0 Å². The minimum absolute atomic E-state index is 0.148. The van der Waals surface area contributed by atoms with Crippen LogP contribution in [0.4, 0.5) is 0 Å². The molecule has 0 aromatic rings. The van der Waals surface area contributed by atoms with Crippen LogP contribution in [0.2, 0.25) is 0 Å². The van der Waals surface area contributed by atoms with Gasteiger partial charge in [-0.3, -0.25) is 9.59 Å². The van der Waals surface area contributed by atoms with E-state index in [1.54, 1.807) is 0 Å². The molecule has 0 saturated heterocycles. The molecule has 68 heavy (non-hydrogen) atoms. The van der Waals surface area contributed by atoms with Crippen molar-refractivity contribution in [1.82, 2.24) is 0 Å². The maximum absolute atomic E-state index is 12.8. The Hall–Kier alpha value is -2.49. The summed E-state index contributed by atoms with van der Waals surface area (Å²) >= 11 is 0. The lowest BCUT2D eigenvalue weighted by atomic mass is 10.0. The molecule has 0 aliphatic carbocycles. The minimum Gasteiger partial charge on any atom is -0.545 e. The number of quaternary nitrogens is 1. The zero-order chi connectivity index (χ0) is 49.9. The Morgan fingerprint density at radius 1 is 0.441 bits per heavy atom. The van der Waals surface area contributed by atoms with Crippen LogP contribution < -0.4 is 5.11 Å². The van der Waals surface area contributed by atoms with Crippen molar-refractivity contribution < 1.29 is 42.9 Å². The molecule has 0 N–H and O–H groups in total. The molecule has 0 rings (SSSR count). The topological polar surface area (TPSA) is 111 Å². The quantitative estimate of drug-likeness (QED) is 0.0195. The standard InChI is InChI=1S/C59H109NO8/c1-6-8-10-12-14-16-18-20-21-22-23-24-25-26-27-28-29-30-31-32-33-34-35-36-37-38-40-42-44-46-48-50-57(62)68-55(54-67-59(58(63)64)65-52-51-60(3,4)5)53-66-56(61)49-47-45-43-41-39-19-17-15-13-11-9-7-2/h15,17-18,20,22-23,55,59H,6-14,16,19,21,24-54H2,1-5H3/b17-15-,20-18-,23-22-. The third-order valence-corrected chi connectivity index (χ3v) is 12.6. The molecule has 0 spiro atoms. The molecule has 0 radical (unpaired) electrons. The number of rotatable bonds is 53. The number of nitrogens with zero attached hydrogens (tertiary/aromatic N) is 1. The summed E-state index contributed by atoms with van der Waals surface area (Å²) in [6.07, 6.45) is 57.8. The van der Waals surface area contributed by atoms with Gasteiger partial charge in [0.2, 0.25) is 0 Å². The molecule has 398 valence electrons. The second-order valence-electron chi connectivity index (χ2n) is 20.6. The van der Waals surface area contributed by atoms with E-state index in [0.29, 0.717) is 17.4 Å². The first-order chi connectivity index (χ1) is 33.1. The molecule has 0 aromatic carbocycles. The summed E-state index contributed by atoms with van der Waals surface area (Å²) in [5, 5.41) is 11.7. The van der Waals surface area contributed by atoms with Crippen LogP contribution in [0, 0.1) is 0 Å². The Morgan fingerprint density at radius 2 is 0.794 bits per heavy atom. The van der Waals surface area contributed by atoms with Gasteiger partial charge < -0.3 is 33.3 Å². The second-order valence-corrected chi connectivity index (χ2v) is 20.6. The van der Waals surface area contributed by atoms with E-state index < -0.39 is 24.3 Å². The van der Waals surface area contributed by atoms with E-state index in [1.807, 2.05) is 21.1 Å². The van der Waals surface area contributed by atoms with Gasteiger partial charge in [-0.25, -0.2) is 0 Å². The van der Waals surface area contributed by atoms with Crippen LogP contribution >= 0.6 is 0 Å². The van der Waals surface area contributed by atoms with Gasteiger partial charge in [0, 0.05) is 12.8 Å². The number of carboxylic acid groups (broad SMARTS) is 1. The van der Waals surface area contributed by atoms with Crippen LogP contribution in [-0.4, -0.2) is 82.3 Å². The Balaban J connectivity index is 4.08. The van der Waals surface area contributed by atoms with Gasteiger partial charge in [0.25, 0.3) is 0 Å². The summed E-state index contributed by atoms with van der Waals surface area (Å²) in [6, 6.07) is 0. The van der Waals surface area contributed by atoms with Crippen molar-refractivity contribution in [3.63, 3.8) is 0 Å². The van der Waals surface area contributed by atoms with Crippen LogP contribution in [0.15, 0.2) is 36.5 Å². The second kappa shape index (κ2) is 50.9. The molecule has 0 aromatic heterocycles. The number of esters is 2. The fraction of sp³-hybridized carbons (Fsp3) is 0.847. The average Bonchev–Trinajstić information content (AvgIpc) is 3.30. The summed E-state index contributed by atoms with van der Waals surface area (Å²) in [7, 11) is 5.92. The third-order valence-electron chi connectivity index (χ3n) is 12.6. The summed E-state index contributed by atoms with van der Waals surface area (Å²) in [4.78, 5) is 37.1. The molecule has 0 heterocycles. The van der Waals surface area contributed by atoms with Crippen LogP contribution in [0.3, 0.4) is 0 Å². The molecule has 9 nitrogen and oxygen atoms in total. The number of hydrogen-bond donors (Lipinski definition) is 0. The lowest BCUT2D eigenvalue weighted by molar-refractivity contribution is -0.870. The summed E-state index contributed by atoms with van der Waals surface area (Å²) in [6.45, 7) is 4.72. The fourth-order valence-electron chi connectivity index (χ4n) is 8.15.